The molecule has 2 aromatic rings. The minimum absolute atomic E-state index is 0.552. The van der Waals surface area contributed by atoms with Gasteiger partial charge in [0.2, 0.25) is 0 Å². The molecule has 0 spiro atoms. The predicted octanol–water partition coefficient (Wildman–Crippen LogP) is 2.75. The second kappa shape index (κ2) is 5.12. The van der Waals surface area contributed by atoms with Crippen molar-refractivity contribution in [1.82, 2.24) is 9.97 Å². The minimum atomic E-state index is 0.552. The third-order valence-electron chi connectivity index (χ3n) is 2.88. The number of fused-ring (bicyclic) bond motifs is 1. The van der Waals surface area contributed by atoms with Crippen molar-refractivity contribution in [2.75, 3.05) is 0 Å². The highest BCUT2D eigenvalue weighted by molar-refractivity contribution is 5.78. The van der Waals surface area contributed by atoms with E-state index in [1.807, 2.05) is 12.1 Å². The molecular formula is C13H19N3. The summed E-state index contributed by atoms with van der Waals surface area (Å²) in [5.74, 6) is 1.09. The molecule has 0 amide bonds. The van der Waals surface area contributed by atoms with Crippen LogP contribution in [-0.4, -0.2) is 9.97 Å². The van der Waals surface area contributed by atoms with Crippen molar-refractivity contribution in [3.63, 3.8) is 0 Å². The number of aromatic amines is 1. The maximum atomic E-state index is 5.69. The van der Waals surface area contributed by atoms with Crippen LogP contribution in [0.2, 0.25) is 0 Å². The average molecular weight is 217 g/mol. The quantitative estimate of drug-likeness (QED) is 0.757. The van der Waals surface area contributed by atoms with E-state index in [-0.39, 0.29) is 0 Å². The molecular weight excluding hydrogens is 198 g/mol. The molecule has 86 valence electrons. The molecule has 0 saturated heterocycles. The van der Waals surface area contributed by atoms with Crippen LogP contribution in [0.3, 0.4) is 0 Å². The first-order chi connectivity index (χ1) is 7.85. The Morgan fingerprint density at radius 1 is 1.31 bits per heavy atom. The standard InChI is InChI=1S/C13H19N3/c1-2-3-4-8-12-15-11-7-5-6-10(9-14)13(11)16-12/h5-7H,2-4,8-9,14H2,1H3,(H,15,16). The van der Waals surface area contributed by atoms with E-state index in [2.05, 4.69) is 23.0 Å². The van der Waals surface area contributed by atoms with Crippen LogP contribution in [0.25, 0.3) is 11.0 Å². The summed E-state index contributed by atoms with van der Waals surface area (Å²) in [7, 11) is 0. The number of hydrogen-bond acceptors (Lipinski definition) is 2. The van der Waals surface area contributed by atoms with E-state index in [0.717, 1.165) is 28.8 Å². The summed E-state index contributed by atoms with van der Waals surface area (Å²) in [5, 5.41) is 0. The molecule has 0 saturated carbocycles. The van der Waals surface area contributed by atoms with E-state index < -0.39 is 0 Å². The zero-order chi connectivity index (χ0) is 11.4. The SMILES string of the molecule is CCCCCc1nc2c(CN)cccc2[nH]1. The highest BCUT2D eigenvalue weighted by Gasteiger charge is 2.05. The maximum Gasteiger partial charge on any atom is 0.107 e. The molecule has 2 rings (SSSR count). The Morgan fingerprint density at radius 3 is 2.94 bits per heavy atom. The van der Waals surface area contributed by atoms with E-state index in [1.165, 1.54) is 19.3 Å². The first-order valence-corrected chi connectivity index (χ1v) is 6.01. The van der Waals surface area contributed by atoms with Crippen molar-refractivity contribution in [2.45, 2.75) is 39.2 Å². The fraction of sp³-hybridized carbons (Fsp3) is 0.462. The van der Waals surface area contributed by atoms with Gasteiger partial charge < -0.3 is 10.7 Å². The fourth-order valence-corrected chi connectivity index (χ4v) is 1.97. The van der Waals surface area contributed by atoms with E-state index in [1.54, 1.807) is 0 Å². The number of nitrogens with two attached hydrogens (primary N) is 1. The number of H-pyrrole nitrogens is 1. The predicted molar refractivity (Wildman–Crippen MR) is 67.2 cm³/mol. The molecule has 3 heteroatoms. The molecule has 1 aromatic heterocycles. The molecule has 1 aromatic carbocycles. The van der Waals surface area contributed by atoms with Crippen LogP contribution in [0.4, 0.5) is 0 Å². The number of nitrogens with one attached hydrogen (secondary N) is 1. The zero-order valence-corrected chi connectivity index (χ0v) is 9.79. The second-order valence-corrected chi connectivity index (χ2v) is 4.16. The topological polar surface area (TPSA) is 54.7 Å². The van der Waals surface area contributed by atoms with E-state index in [9.17, 15) is 0 Å². The van der Waals surface area contributed by atoms with Crippen molar-refractivity contribution in [1.29, 1.82) is 0 Å². The Kier molecular flexibility index (Phi) is 3.57. The van der Waals surface area contributed by atoms with Crippen LogP contribution >= 0.6 is 0 Å². The number of hydrogen-bond donors (Lipinski definition) is 2. The largest absolute Gasteiger partial charge is 0.342 e. The van der Waals surface area contributed by atoms with Crippen LogP contribution < -0.4 is 5.73 Å². The molecule has 0 bridgehead atoms. The number of imidazole rings is 1. The number of para-hydroxylation sites is 1. The van der Waals surface area contributed by atoms with Crippen LogP contribution in [0.5, 0.6) is 0 Å². The molecule has 0 unspecified atom stereocenters. The third-order valence-corrected chi connectivity index (χ3v) is 2.88. The van der Waals surface area contributed by atoms with Gasteiger partial charge in [0.15, 0.2) is 0 Å². The Hall–Kier alpha value is -1.35. The molecule has 0 fully saturated rings. The molecule has 0 atom stereocenters. The van der Waals surface area contributed by atoms with Crippen molar-refractivity contribution in [3.8, 4) is 0 Å². The first-order valence-electron chi connectivity index (χ1n) is 6.01. The molecule has 3 N–H and O–H groups in total. The lowest BCUT2D eigenvalue weighted by atomic mass is 10.2. The normalized spacial score (nSPS) is 11.1. The van der Waals surface area contributed by atoms with E-state index in [0.29, 0.717) is 6.54 Å². The van der Waals surface area contributed by atoms with Crippen molar-refractivity contribution in [3.05, 3.63) is 29.6 Å². The molecule has 0 aliphatic heterocycles. The van der Waals surface area contributed by atoms with Gasteiger partial charge in [-0.2, -0.15) is 0 Å². The smallest absolute Gasteiger partial charge is 0.107 e. The lowest BCUT2D eigenvalue weighted by Gasteiger charge is -1.95. The van der Waals surface area contributed by atoms with Gasteiger partial charge in [-0.25, -0.2) is 4.98 Å². The molecule has 0 radical (unpaired) electrons. The Bertz CT molecular complexity index is 459. The highest BCUT2D eigenvalue weighted by Crippen LogP contribution is 2.17. The first kappa shape index (κ1) is 11.1. The van der Waals surface area contributed by atoms with Crippen LogP contribution in [0, 0.1) is 0 Å². The summed E-state index contributed by atoms with van der Waals surface area (Å²) < 4.78 is 0. The van der Waals surface area contributed by atoms with Crippen molar-refractivity contribution < 1.29 is 0 Å². The second-order valence-electron chi connectivity index (χ2n) is 4.16. The lowest BCUT2D eigenvalue weighted by Crippen LogP contribution is -1.96. The number of benzene rings is 1. The maximum absolute atomic E-state index is 5.69. The number of nitrogens with zero attached hydrogens (tertiary/aromatic N) is 1. The average Bonchev–Trinajstić information content (AvgIpc) is 2.71. The van der Waals surface area contributed by atoms with Gasteiger partial charge in [-0.15, -0.1) is 0 Å². The summed E-state index contributed by atoms with van der Waals surface area (Å²) in [4.78, 5) is 7.98. The van der Waals surface area contributed by atoms with Gasteiger partial charge in [0, 0.05) is 13.0 Å². The summed E-state index contributed by atoms with van der Waals surface area (Å²) in [6, 6.07) is 6.13. The number of rotatable bonds is 5. The summed E-state index contributed by atoms with van der Waals surface area (Å²) in [6.45, 7) is 2.77. The Labute approximate surface area is 96.1 Å². The minimum Gasteiger partial charge on any atom is -0.342 e. The molecule has 16 heavy (non-hydrogen) atoms. The molecule has 1 heterocycles. The van der Waals surface area contributed by atoms with E-state index >= 15 is 0 Å². The fourth-order valence-electron chi connectivity index (χ4n) is 1.97. The van der Waals surface area contributed by atoms with Crippen LogP contribution in [0.15, 0.2) is 18.2 Å². The Balaban J connectivity index is 2.22. The van der Waals surface area contributed by atoms with Gasteiger partial charge in [0.05, 0.1) is 11.0 Å². The summed E-state index contributed by atoms with van der Waals surface area (Å²) >= 11 is 0. The Morgan fingerprint density at radius 2 is 2.19 bits per heavy atom. The third kappa shape index (κ3) is 2.25. The van der Waals surface area contributed by atoms with Crippen LogP contribution in [0.1, 0.15) is 37.6 Å². The zero-order valence-electron chi connectivity index (χ0n) is 9.79. The summed E-state index contributed by atoms with van der Waals surface area (Å²) in [5.41, 5.74) is 8.96. The van der Waals surface area contributed by atoms with Crippen molar-refractivity contribution in [2.24, 2.45) is 5.73 Å². The number of aryl methyl sites for hydroxylation is 1. The summed E-state index contributed by atoms with van der Waals surface area (Å²) in [6.07, 6.45) is 4.75. The van der Waals surface area contributed by atoms with Gasteiger partial charge in [0.1, 0.15) is 5.82 Å². The number of unbranched alkanes of at least 4 members (excludes halogenated alkanes) is 2. The highest BCUT2D eigenvalue weighted by atomic mass is 14.9. The molecule has 0 aliphatic rings. The van der Waals surface area contributed by atoms with Gasteiger partial charge in [-0.1, -0.05) is 31.9 Å². The van der Waals surface area contributed by atoms with Gasteiger partial charge in [-0.05, 0) is 18.1 Å². The monoisotopic (exact) mass is 217 g/mol. The molecule has 3 nitrogen and oxygen atoms in total. The van der Waals surface area contributed by atoms with Crippen molar-refractivity contribution >= 4 is 11.0 Å². The molecule has 0 aliphatic carbocycles. The van der Waals surface area contributed by atoms with E-state index in [4.69, 9.17) is 5.73 Å². The number of aromatic nitrogens is 2. The van der Waals surface area contributed by atoms with Gasteiger partial charge in [-0.3, -0.25) is 0 Å². The van der Waals surface area contributed by atoms with Crippen LogP contribution in [-0.2, 0) is 13.0 Å². The lowest BCUT2D eigenvalue weighted by molar-refractivity contribution is 0.700. The van der Waals surface area contributed by atoms with Gasteiger partial charge in [0.25, 0.3) is 0 Å². The van der Waals surface area contributed by atoms with Gasteiger partial charge >= 0.3 is 0 Å².